The van der Waals surface area contributed by atoms with E-state index in [-0.39, 0.29) is 18.8 Å². The molecule has 0 heterocycles. The van der Waals surface area contributed by atoms with Crippen molar-refractivity contribution in [3.8, 4) is 5.75 Å². The van der Waals surface area contributed by atoms with E-state index in [1.807, 2.05) is 0 Å². The Hall–Kier alpha value is -3.14. The Bertz CT molecular complexity index is 808. The molecule has 2 N–H and O–H groups in total. The lowest BCUT2D eigenvalue weighted by Gasteiger charge is -2.16. The van der Waals surface area contributed by atoms with E-state index in [0.29, 0.717) is 5.69 Å². The van der Waals surface area contributed by atoms with Crippen molar-refractivity contribution in [2.75, 3.05) is 30.8 Å². The number of hydrogen-bond donors (Lipinski definition) is 2. The zero-order chi connectivity index (χ0) is 20.7. The predicted molar refractivity (Wildman–Crippen MR) is 94.3 cm³/mol. The minimum Gasteiger partial charge on any atom is -0.406 e. The zero-order valence-electron chi connectivity index (χ0n) is 14.7. The van der Waals surface area contributed by atoms with Gasteiger partial charge in [0.05, 0.1) is 13.1 Å². The van der Waals surface area contributed by atoms with Crippen LogP contribution in [0.15, 0.2) is 48.5 Å². The molecule has 0 saturated carbocycles. The smallest absolute Gasteiger partial charge is 0.406 e. The molecule has 10 heteroatoms. The van der Waals surface area contributed by atoms with Gasteiger partial charge in [0, 0.05) is 11.4 Å². The van der Waals surface area contributed by atoms with Crippen LogP contribution < -0.4 is 15.4 Å². The fraction of sp³-hybridized carbons (Fsp3) is 0.222. The standard InChI is InChI=1S/C18H17F4N3O3/c1-25(10-16(26)23-13-4-2-12(19)3-5-13)11-17(27)24-14-6-8-15(9-7-14)28-18(20,21)22/h2-9H,10-11H2,1H3,(H,23,26)(H,24,27). The van der Waals surface area contributed by atoms with E-state index >= 15 is 0 Å². The van der Waals surface area contributed by atoms with Crippen LogP contribution in [0, 0.1) is 5.82 Å². The van der Waals surface area contributed by atoms with E-state index in [2.05, 4.69) is 15.4 Å². The predicted octanol–water partition coefficient (Wildman–Crippen LogP) is 3.23. The molecular formula is C18H17F4N3O3. The van der Waals surface area contributed by atoms with Gasteiger partial charge in [0.2, 0.25) is 11.8 Å². The number of ether oxygens (including phenoxy) is 1. The zero-order valence-corrected chi connectivity index (χ0v) is 14.7. The normalized spacial score (nSPS) is 11.2. The number of alkyl halides is 3. The summed E-state index contributed by atoms with van der Waals surface area (Å²) < 4.78 is 52.9. The molecular weight excluding hydrogens is 382 g/mol. The van der Waals surface area contributed by atoms with Gasteiger partial charge in [0.15, 0.2) is 0 Å². The number of likely N-dealkylation sites (N-methyl/N-ethyl adjacent to an activating group) is 1. The first-order valence-corrected chi connectivity index (χ1v) is 8.00. The van der Waals surface area contributed by atoms with Crippen LogP contribution in [-0.2, 0) is 9.59 Å². The van der Waals surface area contributed by atoms with Gasteiger partial charge >= 0.3 is 6.36 Å². The third-order valence-electron chi connectivity index (χ3n) is 3.33. The van der Waals surface area contributed by atoms with E-state index in [0.717, 1.165) is 12.1 Å². The molecule has 2 amide bonds. The van der Waals surface area contributed by atoms with Gasteiger partial charge in [-0.05, 0) is 55.6 Å². The summed E-state index contributed by atoms with van der Waals surface area (Å²) in [7, 11) is 1.55. The molecule has 0 aromatic heterocycles. The molecule has 0 aliphatic heterocycles. The average Bonchev–Trinajstić information content (AvgIpc) is 2.57. The summed E-state index contributed by atoms with van der Waals surface area (Å²) in [6.07, 6.45) is -4.79. The SMILES string of the molecule is CN(CC(=O)Nc1ccc(F)cc1)CC(=O)Nc1ccc(OC(F)(F)F)cc1. The highest BCUT2D eigenvalue weighted by atomic mass is 19.4. The summed E-state index contributed by atoms with van der Waals surface area (Å²) in [5, 5.41) is 5.06. The van der Waals surface area contributed by atoms with E-state index in [1.54, 1.807) is 7.05 Å². The lowest BCUT2D eigenvalue weighted by atomic mass is 10.3. The van der Waals surface area contributed by atoms with Crippen molar-refractivity contribution in [2.45, 2.75) is 6.36 Å². The fourth-order valence-electron chi connectivity index (χ4n) is 2.22. The van der Waals surface area contributed by atoms with Gasteiger partial charge in [-0.2, -0.15) is 0 Å². The van der Waals surface area contributed by atoms with Crippen molar-refractivity contribution in [2.24, 2.45) is 0 Å². The topological polar surface area (TPSA) is 70.7 Å². The minimum atomic E-state index is -4.79. The second kappa shape index (κ2) is 9.18. The molecule has 0 bridgehead atoms. The number of benzene rings is 2. The summed E-state index contributed by atoms with van der Waals surface area (Å²) in [6, 6.07) is 9.90. The molecule has 0 atom stereocenters. The Morgan fingerprint density at radius 2 is 1.32 bits per heavy atom. The summed E-state index contributed by atoms with van der Waals surface area (Å²) >= 11 is 0. The first kappa shape index (κ1) is 21.2. The molecule has 0 saturated heterocycles. The molecule has 0 aliphatic rings. The van der Waals surface area contributed by atoms with Gasteiger partial charge in [-0.15, -0.1) is 13.2 Å². The van der Waals surface area contributed by atoms with Crippen LogP contribution >= 0.6 is 0 Å². The second-order valence-corrected chi connectivity index (χ2v) is 5.85. The number of carbonyl (C=O) groups excluding carboxylic acids is 2. The summed E-state index contributed by atoms with van der Waals surface area (Å²) in [5.74, 6) is -1.68. The average molecular weight is 399 g/mol. The van der Waals surface area contributed by atoms with E-state index in [1.165, 1.54) is 41.3 Å². The molecule has 0 fully saturated rings. The number of carbonyl (C=O) groups is 2. The minimum absolute atomic E-state index is 0.0941. The van der Waals surface area contributed by atoms with Crippen LogP contribution in [0.3, 0.4) is 0 Å². The molecule has 0 spiro atoms. The van der Waals surface area contributed by atoms with E-state index < -0.39 is 29.7 Å². The Labute approximate surface area is 158 Å². The van der Waals surface area contributed by atoms with Crippen LogP contribution in [0.4, 0.5) is 28.9 Å². The van der Waals surface area contributed by atoms with Crippen molar-refractivity contribution in [3.63, 3.8) is 0 Å². The highest BCUT2D eigenvalue weighted by molar-refractivity contribution is 5.94. The number of amides is 2. The van der Waals surface area contributed by atoms with E-state index in [4.69, 9.17) is 0 Å². The molecule has 0 unspecified atom stereocenters. The monoisotopic (exact) mass is 399 g/mol. The molecule has 2 rings (SSSR count). The molecule has 0 aliphatic carbocycles. The van der Waals surface area contributed by atoms with Crippen molar-refractivity contribution >= 4 is 23.2 Å². The Kier molecular flexibility index (Phi) is 6.94. The molecule has 150 valence electrons. The number of hydrogen-bond acceptors (Lipinski definition) is 4. The van der Waals surface area contributed by atoms with Crippen molar-refractivity contribution in [3.05, 3.63) is 54.3 Å². The Balaban J connectivity index is 1.78. The van der Waals surface area contributed by atoms with Crippen molar-refractivity contribution in [1.29, 1.82) is 0 Å². The maximum absolute atomic E-state index is 12.8. The van der Waals surface area contributed by atoms with Crippen LogP contribution in [-0.4, -0.2) is 43.2 Å². The van der Waals surface area contributed by atoms with Gasteiger partial charge in [0.1, 0.15) is 11.6 Å². The van der Waals surface area contributed by atoms with Crippen LogP contribution in [0.2, 0.25) is 0 Å². The number of anilines is 2. The van der Waals surface area contributed by atoms with Gasteiger partial charge in [-0.3, -0.25) is 14.5 Å². The van der Waals surface area contributed by atoms with Gasteiger partial charge < -0.3 is 15.4 Å². The number of nitrogens with one attached hydrogen (secondary N) is 2. The van der Waals surface area contributed by atoms with Crippen molar-refractivity contribution < 1.29 is 31.9 Å². The molecule has 6 nitrogen and oxygen atoms in total. The maximum atomic E-state index is 12.8. The number of rotatable bonds is 7. The quantitative estimate of drug-likeness (QED) is 0.702. The maximum Gasteiger partial charge on any atom is 0.573 e. The number of halogens is 4. The van der Waals surface area contributed by atoms with Crippen LogP contribution in [0.25, 0.3) is 0 Å². The third kappa shape index (κ3) is 7.62. The summed E-state index contributed by atoms with van der Waals surface area (Å²) in [4.78, 5) is 25.3. The highest BCUT2D eigenvalue weighted by Gasteiger charge is 2.30. The third-order valence-corrected chi connectivity index (χ3v) is 3.33. The van der Waals surface area contributed by atoms with Crippen LogP contribution in [0.5, 0.6) is 5.75 Å². The fourth-order valence-corrected chi connectivity index (χ4v) is 2.22. The van der Waals surface area contributed by atoms with Gasteiger partial charge in [-0.1, -0.05) is 0 Å². The lowest BCUT2D eigenvalue weighted by Crippen LogP contribution is -2.36. The second-order valence-electron chi connectivity index (χ2n) is 5.85. The summed E-state index contributed by atoms with van der Waals surface area (Å²) in [6.45, 7) is -0.221. The van der Waals surface area contributed by atoms with Crippen LogP contribution in [0.1, 0.15) is 0 Å². The molecule has 2 aromatic rings. The first-order valence-electron chi connectivity index (χ1n) is 8.00. The summed E-state index contributed by atoms with van der Waals surface area (Å²) in [5.41, 5.74) is 0.703. The van der Waals surface area contributed by atoms with Gasteiger partial charge in [0.25, 0.3) is 0 Å². The highest BCUT2D eigenvalue weighted by Crippen LogP contribution is 2.23. The first-order chi connectivity index (χ1) is 13.1. The lowest BCUT2D eigenvalue weighted by molar-refractivity contribution is -0.274. The Morgan fingerprint density at radius 3 is 1.75 bits per heavy atom. The van der Waals surface area contributed by atoms with Crippen molar-refractivity contribution in [1.82, 2.24) is 4.90 Å². The molecule has 28 heavy (non-hydrogen) atoms. The largest absolute Gasteiger partial charge is 0.573 e. The molecule has 2 aromatic carbocycles. The Morgan fingerprint density at radius 1 is 0.893 bits per heavy atom. The van der Waals surface area contributed by atoms with E-state index in [9.17, 15) is 27.2 Å². The van der Waals surface area contributed by atoms with Gasteiger partial charge in [-0.25, -0.2) is 4.39 Å². The molecule has 0 radical (unpaired) electrons. The number of nitrogens with zero attached hydrogens (tertiary/aromatic N) is 1.